The van der Waals surface area contributed by atoms with Crippen LogP contribution in [0, 0.1) is 0 Å². The van der Waals surface area contributed by atoms with Crippen molar-refractivity contribution in [2.75, 3.05) is 6.61 Å². The minimum absolute atomic E-state index is 0.190. The third-order valence-electron chi connectivity index (χ3n) is 4.78. The molecule has 0 radical (unpaired) electrons. The van der Waals surface area contributed by atoms with E-state index < -0.39 is 0 Å². The molecule has 0 atom stereocenters. The van der Waals surface area contributed by atoms with E-state index in [-0.39, 0.29) is 18.3 Å². The minimum atomic E-state index is -0.206. The summed E-state index contributed by atoms with van der Waals surface area (Å²) in [5, 5.41) is 1.26. The summed E-state index contributed by atoms with van der Waals surface area (Å²) in [6.45, 7) is -0.190. The Hall–Kier alpha value is -3.44. The highest BCUT2D eigenvalue weighted by molar-refractivity contribution is 6.30. The van der Waals surface area contributed by atoms with E-state index in [2.05, 4.69) is 4.98 Å². The lowest BCUT2D eigenvalue weighted by molar-refractivity contribution is 0.0909. The molecular formula is C22H13ClN2O3. The Morgan fingerprint density at radius 2 is 1.82 bits per heavy atom. The van der Waals surface area contributed by atoms with Gasteiger partial charge in [0.25, 0.3) is 5.91 Å². The van der Waals surface area contributed by atoms with Gasteiger partial charge in [-0.25, -0.2) is 4.98 Å². The van der Waals surface area contributed by atoms with Crippen LogP contribution in [-0.2, 0) is 0 Å². The van der Waals surface area contributed by atoms with Gasteiger partial charge in [0, 0.05) is 22.2 Å². The number of rotatable bonds is 4. The first-order valence-electron chi connectivity index (χ1n) is 8.70. The van der Waals surface area contributed by atoms with E-state index in [1.54, 1.807) is 41.1 Å². The zero-order valence-corrected chi connectivity index (χ0v) is 15.3. The molecule has 5 rings (SSSR count). The van der Waals surface area contributed by atoms with Crippen molar-refractivity contribution < 1.29 is 14.3 Å². The predicted octanol–water partition coefficient (Wildman–Crippen LogP) is 4.62. The van der Waals surface area contributed by atoms with Gasteiger partial charge in [-0.1, -0.05) is 23.7 Å². The molecule has 0 bridgehead atoms. The van der Waals surface area contributed by atoms with Crippen LogP contribution >= 0.6 is 11.6 Å². The Morgan fingerprint density at radius 3 is 2.64 bits per heavy atom. The van der Waals surface area contributed by atoms with Gasteiger partial charge >= 0.3 is 0 Å². The number of hydrogen-bond donors (Lipinski definition) is 0. The van der Waals surface area contributed by atoms with Gasteiger partial charge in [-0.2, -0.15) is 0 Å². The first kappa shape index (κ1) is 16.7. The van der Waals surface area contributed by atoms with E-state index in [9.17, 15) is 9.59 Å². The summed E-state index contributed by atoms with van der Waals surface area (Å²) in [6.07, 6.45) is 1.70. The van der Waals surface area contributed by atoms with Gasteiger partial charge in [0.2, 0.25) is 0 Å². The van der Waals surface area contributed by atoms with Crippen molar-refractivity contribution in [2.24, 2.45) is 0 Å². The Labute approximate surface area is 165 Å². The number of halogens is 1. The molecule has 0 unspecified atom stereocenters. The molecule has 0 N–H and O–H groups in total. The van der Waals surface area contributed by atoms with E-state index in [4.69, 9.17) is 16.3 Å². The number of hydrogen-bond acceptors (Lipinski definition) is 4. The summed E-state index contributed by atoms with van der Waals surface area (Å²) in [4.78, 5) is 30.1. The van der Waals surface area contributed by atoms with Gasteiger partial charge in [-0.15, -0.1) is 0 Å². The van der Waals surface area contributed by atoms with E-state index in [1.807, 2.05) is 30.3 Å². The fourth-order valence-electron chi connectivity index (χ4n) is 3.44. The predicted molar refractivity (Wildman–Crippen MR) is 106 cm³/mol. The fourth-order valence-corrected chi connectivity index (χ4v) is 3.57. The number of benzene rings is 2. The molecule has 5 nitrogen and oxygen atoms in total. The Balaban J connectivity index is 1.58. The summed E-state index contributed by atoms with van der Waals surface area (Å²) >= 11 is 5.88. The quantitative estimate of drug-likeness (QED) is 0.421. The van der Waals surface area contributed by atoms with Crippen molar-refractivity contribution >= 4 is 34.2 Å². The number of carbonyl (C=O) groups is 2. The van der Waals surface area contributed by atoms with Crippen LogP contribution in [0.4, 0.5) is 0 Å². The van der Waals surface area contributed by atoms with Crippen LogP contribution in [0.2, 0.25) is 5.02 Å². The van der Waals surface area contributed by atoms with Crippen LogP contribution < -0.4 is 4.74 Å². The van der Waals surface area contributed by atoms with Crippen LogP contribution in [0.15, 0.2) is 66.9 Å². The molecule has 3 heterocycles. The summed E-state index contributed by atoms with van der Waals surface area (Å²) in [5.41, 5.74) is 2.88. The molecule has 6 heteroatoms. The van der Waals surface area contributed by atoms with E-state index in [0.29, 0.717) is 38.5 Å². The van der Waals surface area contributed by atoms with E-state index in [1.165, 1.54) is 0 Å². The van der Waals surface area contributed by atoms with Crippen molar-refractivity contribution in [2.45, 2.75) is 0 Å². The molecular weight excluding hydrogens is 376 g/mol. The maximum absolute atomic E-state index is 12.9. The molecule has 1 aliphatic rings. The van der Waals surface area contributed by atoms with Gasteiger partial charge in [0.15, 0.2) is 12.4 Å². The van der Waals surface area contributed by atoms with E-state index >= 15 is 0 Å². The van der Waals surface area contributed by atoms with Crippen LogP contribution in [0.3, 0.4) is 0 Å². The summed E-state index contributed by atoms with van der Waals surface area (Å²) < 4.78 is 7.47. The molecule has 0 fully saturated rings. The van der Waals surface area contributed by atoms with Gasteiger partial charge < -0.3 is 4.74 Å². The standard InChI is InChI=1S/C22H13ClN2O3/c23-14-9-7-13(8-10-14)18(26)12-28-21-15-4-1-2-5-16(15)24-20-17-6-3-11-25(17)22(27)19(20)21/h1-11H,12H2. The molecule has 136 valence electrons. The largest absolute Gasteiger partial charge is 0.484 e. The van der Waals surface area contributed by atoms with Crippen molar-refractivity contribution in [3.63, 3.8) is 0 Å². The van der Waals surface area contributed by atoms with Gasteiger partial charge in [0.1, 0.15) is 17.0 Å². The molecule has 4 aromatic rings. The average molecular weight is 389 g/mol. The van der Waals surface area contributed by atoms with Crippen LogP contribution in [-0.4, -0.2) is 27.8 Å². The normalized spacial score (nSPS) is 12.1. The lowest BCUT2D eigenvalue weighted by Crippen LogP contribution is -2.14. The number of ether oxygens (including phenoxy) is 1. The lowest BCUT2D eigenvalue weighted by atomic mass is 10.1. The number of para-hydroxylation sites is 1. The topological polar surface area (TPSA) is 61.2 Å². The highest BCUT2D eigenvalue weighted by atomic mass is 35.5. The SMILES string of the molecule is O=C(COc1c2c(nc3ccccc13)-c1cccn1C2=O)c1ccc(Cl)cc1. The van der Waals surface area contributed by atoms with Crippen molar-refractivity contribution in [3.8, 4) is 17.1 Å². The lowest BCUT2D eigenvalue weighted by Gasteiger charge is -2.12. The molecule has 0 amide bonds. The molecule has 28 heavy (non-hydrogen) atoms. The van der Waals surface area contributed by atoms with Crippen molar-refractivity contribution in [1.82, 2.24) is 9.55 Å². The Morgan fingerprint density at radius 1 is 1.04 bits per heavy atom. The Kier molecular flexibility index (Phi) is 3.77. The summed E-state index contributed by atoms with van der Waals surface area (Å²) in [5.74, 6) is -0.0184. The first-order chi connectivity index (χ1) is 13.6. The van der Waals surface area contributed by atoms with Gasteiger partial charge in [-0.3, -0.25) is 14.2 Å². The molecule has 2 aromatic carbocycles. The number of carbonyl (C=O) groups excluding carboxylic acids is 2. The zero-order valence-electron chi connectivity index (χ0n) is 14.6. The maximum Gasteiger partial charge on any atom is 0.268 e. The second-order valence-corrected chi connectivity index (χ2v) is 6.91. The van der Waals surface area contributed by atoms with Crippen molar-refractivity contribution in [1.29, 1.82) is 0 Å². The maximum atomic E-state index is 12.9. The number of nitrogens with zero attached hydrogens (tertiary/aromatic N) is 2. The summed E-state index contributed by atoms with van der Waals surface area (Å²) in [6, 6.07) is 17.7. The molecule has 0 saturated carbocycles. The van der Waals surface area contributed by atoms with Gasteiger partial charge in [-0.05, 0) is 48.5 Å². The summed E-state index contributed by atoms with van der Waals surface area (Å²) in [7, 11) is 0. The molecule has 0 aliphatic carbocycles. The number of aromatic nitrogens is 2. The highest BCUT2D eigenvalue weighted by Gasteiger charge is 2.32. The number of fused-ring (bicyclic) bond motifs is 4. The zero-order chi connectivity index (χ0) is 19.3. The number of ketones is 1. The first-order valence-corrected chi connectivity index (χ1v) is 9.08. The van der Waals surface area contributed by atoms with E-state index in [0.717, 1.165) is 5.69 Å². The number of pyridine rings is 1. The second kappa shape index (κ2) is 6.32. The van der Waals surface area contributed by atoms with Crippen LogP contribution in [0.25, 0.3) is 22.3 Å². The number of Topliss-reactive ketones (excluding diaryl/α,β-unsaturated/α-hetero) is 1. The van der Waals surface area contributed by atoms with Gasteiger partial charge in [0.05, 0.1) is 11.2 Å². The Bertz CT molecular complexity index is 1260. The van der Waals surface area contributed by atoms with Crippen LogP contribution in [0.1, 0.15) is 20.7 Å². The minimum Gasteiger partial charge on any atom is -0.484 e. The van der Waals surface area contributed by atoms with Crippen LogP contribution in [0.5, 0.6) is 5.75 Å². The smallest absolute Gasteiger partial charge is 0.268 e. The molecule has 0 spiro atoms. The monoisotopic (exact) mass is 388 g/mol. The molecule has 1 aliphatic heterocycles. The molecule has 2 aromatic heterocycles. The fraction of sp³-hybridized carbons (Fsp3) is 0.0455. The highest BCUT2D eigenvalue weighted by Crippen LogP contribution is 2.40. The third kappa shape index (κ3) is 2.52. The van der Waals surface area contributed by atoms with Crippen molar-refractivity contribution in [3.05, 3.63) is 83.0 Å². The molecule has 0 saturated heterocycles. The second-order valence-electron chi connectivity index (χ2n) is 6.47. The average Bonchev–Trinajstić information content (AvgIpc) is 3.29. The third-order valence-corrected chi connectivity index (χ3v) is 5.03.